The van der Waals surface area contributed by atoms with Crippen LogP contribution in [-0.2, 0) is 20.9 Å². The molecule has 148 valence electrons. The minimum absolute atomic E-state index is 0.0646. The smallest absolute Gasteiger partial charge is 0.310 e. The molecular formula is C23H27NO4. The third-order valence-corrected chi connectivity index (χ3v) is 4.61. The van der Waals surface area contributed by atoms with Gasteiger partial charge in [-0.1, -0.05) is 67.1 Å². The van der Waals surface area contributed by atoms with Gasteiger partial charge in [0, 0.05) is 31.5 Å². The van der Waals surface area contributed by atoms with Crippen LogP contribution in [0.25, 0.3) is 0 Å². The second kappa shape index (κ2) is 10.4. The van der Waals surface area contributed by atoms with Gasteiger partial charge in [0.15, 0.2) is 5.78 Å². The van der Waals surface area contributed by atoms with Gasteiger partial charge in [0.1, 0.15) is 0 Å². The van der Waals surface area contributed by atoms with Gasteiger partial charge in [-0.2, -0.15) is 0 Å². The molecule has 2 rings (SSSR count). The largest absolute Gasteiger partial charge is 0.469 e. The first-order valence-electron chi connectivity index (χ1n) is 9.40. The van der Waals surface area contributed by atoms with Gasteiger partial charge in [0.05, 0.1) is 13.0 Å². The summed E-state index contributed by atoms with van der Waals surface area (Å²) in [4.78, 5) is 38.6. The number of esters is 1. The summed E-state index contributed by atoms with van der Waals surface area (Å²) < 4.78 is 4.78. The van der Waals surface area contributed by atoms with Crippen molar-refractivity contribution < 1.29 is 19.1 Å². The second-order valence-electron chi connectivity index (χ2n) is 6.97. The van der Waals surface area contributed by atoms with Crippen LogP contribution in [0.4, 0.5) is 0 Å². The SMILES string of the molecule is COC(=O)C(C)CN(Cc1ccc(C)cc1)C(=O)CCC(=O)c1ccccc1. The molecule has 0 aromatic heterocycles. The number of nitrogens with zero attached hydrogens (tertiary/aromatic N) is 1. The molecule has 5 heteroatoms. The van der Waals surface area contributed by atoms with Crippen molar-refractivity contribution in [3.63, 3.8) is 0 Å². The molecule has 0 saturated heterocycles. The molecule has 5 nitrogen and oxygen atoms in total. The maximum Gasteiger partial charge on any atom is 0.310 e. The van der Waals surface area contributed by atoms with Gasteiger partial charge in [0.25, 0.3) is 0 Å². The molecule has 28 heavy (non-hydrogen) atoms. The van der Waals surface area contributed by atoms with Crippen molar-refractivity contribution in [1.29, 1.82) is 0 Å². The van der Waals surface area contributed by atoms with E-state index in [1.54, 1.807) is 36.1 Å². The lowest BCUT2D eigenvalue weighted by atomic mass is 10.1. The average molecular weight is 381 g/mol. The first-order chi connectivity index (χ1) is 13.4. The Labute approximate surface area is 166 Å². The third kappa shape index (κ3) is 6.34. The summed E-state index contributed by atoms with van der Waals surface area (Å²) in [5.41, 5.74) is 2.71. The van der Waals surface area contributed by atoms with Gasteiger partial charge in [-0.15, -0.1) is 0 Å². The van der Waals surface area contributed by atoms with Crippen LogP contribution in [0.15, 0.2) is 54.6 Å². The van der Waals surface area contributed by atoms with Gasteiger partial charge < -0.3 is 9.64 Å². The Morgan fingerprint density at radius 1 is 0.964 bits per heavy atom. The van der Waals surface area contributed by atoms with E-state index in [1.807, 2.05) is 37.3 Å². The van der Waals surface area contributed by atoms with Gasteiger partial charge >= 0.3 is 5.97 Å². The maximum atomic E-state index is 12.8. The summed E-state index contributed by atoms with van der Waals surface area (Å²) in [6.45, 7) is 4.37. The molecule has 0 spiro atoms. The molecular weight excluding hydrogens is 354 g/mol. The number of benzene rings is 2. The number of rotatable bonds is 9. The Bertz CT molecular complexity index is 799. The Hall–Kier alpha value is -2.95. The zero-order valence-corrected chi connectivity index (χ0v) is 16.7. The number of ether oxygens (including phenoxy) is 1. The molecule has 2 aromatic rings. The standard InChI is InChI=1S/C23H27NO4/c1-17-9-11-19(12-10-17)16-24(15-18(2)23(27)28-3)22(26)14-13-21(25)20-7-5-4-6-8-20/h4-12,18H,13-16H2,1-3H3. The van der Waals surface area contributed by atoms with Crippen molar-refractivity contribution >= 4 is 17.7 Å². The zero-order chi connectivity index (χ0) is 20.5. The van der Waals surface area contributed by atoms with E-state index in [1.165, 1.54) is 7.11 Å². The molecule has 0 N–H and O–H groups in total. The van der Waals surface area contributed by atoms with Crippen molar-refractivity contribution in [2.75, 3.05) is 13.7 Å². The predicted molar refractivity (Wildman–Crippen MR) is 108 cm³/mol. The fourth-order valence-corrected chi connectivity index (χ4v) is 2.92. The third-order valence-electron chi connectivity index (χ3n) is 4.61. The molecule has 1 amide bonds. The summed E-state index contributed by atoms with van der Waals surface area (Å²) in [6, 6.07) is 16.8. The molecule has 0 radical (unpaired) electrons. The second-order valence-corrected chi connectivity index (χ2v) is 6.97. The molecule has 2 aromatic carbocycles. The van der Waals surface area contributed by atoms with Crippen LogP contribution in [0.3, 0.4) is 0 Å². The summed E-state index contributed by atoms with van der Waals surface area (Å²) in [5.74, 6) is -1.02. The normalized spacial score (nSPS) is 11.5. The zero-order valence-electron chi connectivity index (χ0n) is 16.7. The lowest BCUT2D eigenvalue weighted by Gasteiger charge is -2.25. The van der Waals surface area contributed by atoms with Crippen molar-refractivity contribution in [2.45, 2.75) is 33.2 Å². The highest BCUT2D eigenvalue weighted by molar-refractivity contribution is 5.97. The van der Waals surface area contributed by atoms with Crippen molar-refractivity contribution in [1.82, 2.24) is 4.90 Å². The maximum absolute atomic E-state index is 12.8. The number of ketones is 1. The number of Topliss-reactive ketones (excluding diaryl/α,β-unsaturated/α-hetero) is 1. The van der Waals surface area contributed by atoms with Crippen LogP contribution in [0.1, 0.15) is 41.3 Å². The lowest BCUT2D eigenvalue weighted by molar-refractivity contribution is -0.146. The molecule has 0 bridgehead atoms. The van der Waals surface area contributed by atoms with Crippen LogP contribution in [0.2, 0.25) is 0 Å². The van der Waals surface area contributed by atoms with Gasteiger partial charge in [-0.25, -0.2) is 0 Å². The van der Waals surface area contributed by atoms with E-state index < -0.39 is 5.92 Å². The lowest BCUT2D eigenvalue weighted by Crippen LogP contribution is -2.37. The molecule has 0 heterocycles. The Balaban J connectivity index is 2.05. The van der Waals surface area contributed by atoms with Gasteiger partial charge in [-0.3, -0.25) is 14.4 Å². The quantitative estimate of drug-likeness (QED) is 0.490. The number of hydrogen-bond acceptors (Lipinski definition) is 4. The van der Waals surface area contributed by atoms with Gasteiger partial charge in [0.2, 0.25) is 5.91 Å². The van der Waals surface area contributed by atoms with E-state index in [2.05, 4.69) is 0 Å². The molecule has 0 saturated carbocycles. The fourth-order valence-electron chi connectivity index (χ4n) is 2.92. The average Bonchev–Trinajstić information content (AvgIpc) is 2.72. The molecule has 1 unspecified atom stereocenters. The monoisotopic (exact) mass is 381 g/mol. The first-order valence-corrected chi connectivity index (χ1v) is 9.40. The summed E-state index contributed by atoms with van der Waals surface area (Å²) in [5, 5.41) is 0. The number of carbonyl (C=O) groups is 3. The highest BCUT2D eigenvalue weighted by Gasteiger charge is 2.22. The fraction of sp³-hybridized carbons (Fsp3) is 0.348. The van der Waals surface area contributed by atoms with Crippen LogP contribution in [0.5, 0.6) is 0 Å². The number of amides is 1. The summed E-state index contributed by atoms with van der Waals surface area (Å²) in [6.07, 6.45) is 0.243. The first kappa shape index (κ1) is 21.4. The predicted octanol–water partition coefficient (Wildman–Crippen LogP) is 3.80. The van der Waals surface area contributed by atoms with Crippen molar-refractivity contribution in [2.24, 2.45) is 5.92 Å². The Morgan fingerprint density at radius 3 is 2.21 bits per heavy atom. The van der Waals surface area contributed by atoms with E-state index >= 15 is 0 Å². The number of carbonyl (C=O) groups excluding carboxylic acids is 3. The summed E-state index contributed by atoms with van der Waals surface area (Å²) >= 11 is 0. The van der Waals surface area contributed by atoms with Crippen LogP contribution in [0, 0.1) is 12.8 Å². The summed E-state index contributed by atoms with van der Waals surface area (Å²) in [7, 11) is 1.34. The van der Waals surface area contributed by atoms with E-state index in [0.717, 1.165) is 11.1 Å². The van der Waals surface area contributed by atoms with Crippen LogP contribution < -0.4 is 0 Å². The Morgan fingerprint density at radius 2 is 1.61 bits per heavy atom. The van der Waals surface area contributed by atoms with Crippen molar-refractivity contribution in [3.05, 3.63) is 71.3 Å². The van der Waals surface area contributed by atoms with E-state index in [0.29, 0.717) is 12.1 Å². The van der Waals surface area contributed by atoms with E-state index in [-0.39, 0.29) is 37.0 Å². The minimum atomic E-state index is -0.441. The molecule has 0 fully saturated rings. The van der Waals surface area contributed by atoms with Crippen molar-refractivity contribution in [3.8, 4) is 0 Å². The number of methoxy groups -OCH3 is 1. The Kier molecular flexibility index (Phi) is 7.93. The topological polar surface area (TPSA) is 63.7 Å². The highest BCUT2D eigenvalue weighted by atomic mass is 16.5. The number of hydrogen-bond donors (Lipinski definition) is 0. The van der Waals surface area contributed by atoms with Gasteiger partial charge in [-0.05, 0) is 12.5 Å². The molecule has 0 aliphatic heterocycles. The highest BCUT2D eigenvalue weighted by Crippen LogP contribution is 2.13. The van der Waals surface area contributed by atoms with E-state index in [9.17, 15) is 14.4 Å². The minimum Gasteiger partial charge on any atom is -0.469 e. The van der Waals surface area contributed by atoms with Crippen LogP contribution >= 0.6 is 0 Å². The molecule has 0 aliphatic rings. The number of aryl methyl sites for hydroxylation is 1. The molecule has 1 atom stereocenters. The van der Waals surface area contributed by atoms with E-state index in [4.69, 9.17) is 4.74 Å². The molecule has 0 aliphatic carbocycles. The van der Waals surface area contributed by atoms with Crippen LogP contribution in [-0.4, -0.2) is 36.2 Å².